The molecule has 4 rings (SSSR count). The first kappa shape index (κ1) is 16.7. The molecular weight excluding hydrogens is 330 g/mol. The van der Waals surface area contributed by atoms with Gasteiger partial charge < -0.3 is 15.4 Å². The fourth-order valence-corrected chi connectivity index (χ4v) is 3.07. The van der Waals surface area contributed by atoms with Crippen molar-refractivity contribution in [1.82, 2.24) is 25.1 Å². The molecule has 26 heavy (non-hydrogen) atoms. The van der Waals surface area contributed by atoms with Gasteiger partial charge in [0.25, 0.3) is 5.88 Å². The van der Waals surface area contributed by atoms with Crippen molar-refractivity contribution in [3.05, 3.63) is 29.7 Å². The van der Waals surface area contributed by atoms with Crippen LogP contribution in [0.1, 0.15) is 31.0 Å². The first-order valence-corrected chi connectivity index (χ1v) is 8.78. The van der Waals surface area contributed by atoms with Gasteiger partial charge in [-0.1, -0.05) is 0 Å². The number of rotatable bonds is 3. The molecule has 0 aliphatic carbocycles. The number of aromatic amines is 1. The molecule has 0 amide bonds. The standard InChI is InChI=1S/C18H23N7O/c1-11-12(2)20-7-4-13(11)26-17-15-16(23-24-17)22-14(10-21-15)25-8-5-18(3,19)6-9-25/h4,7,10H,5-6,8-9,19H2,1-3H3,(H,22,23,24). The molecule has 3 N–H and O–H groups in total. The summed E-state index contributed by atoms with van der Waals surface area (Å²) in [4.78, 5) is 15.7. The zero-order valence-electron chi connectivity index (χ0n) is 15.3. The molecule has 1 fully saturated rings. The van der Waals surface area contributed by atoms with Crippen molar-refractivity contribution in [3.8, 4) is 11.6 Å². The lowest BCUT2D eigenvalue weighted by Crippen LogP contribution is -2.48. The predicted molar refractivity (Wildman–Crippen MR) is 99.5 cm³/mol. The lowest BCUT2D eigenvalue weighted by atomic mass is 9.91. The molecule has 3 aromatic rings. The van der Waals surface area contributed by atoms with E-state index in [0.717, 1.165) is 48.8 Å². The van der Waals surface area contributed by atoms with E-state index in [0.29, 0.717) is 17.0 Å². The summed E-state index contributed by atoms with van der Waals surface area (Å²) in [6, 6.07) is 1.82. The Hall–Kier alpha value is -2.74. The van der Waals surface area contributed by atoms with Crippen LogP contribution in [-0.2, 0) is 0 Å². The number of anilines is 1. The molecule has 8 nitrogen and oxygen atoms in total. The van der Waals surface area contributed by atoms with Crippen LogP contribution in [0.4, 0.5) is 5.82 Å². The van der Waals surface area contributed by atoms with Crippen molar-refractivity contribution in [2.75, 3.05) is 18.0 Å². The summed E-state index contributed by atoms with van der Waals surface area (Å²) >= 11 is 0. The Morgan fingerprint density at radius 2 is 2.00 bits per heavy atom. The highest BCUT2D eigenvalue weighted by Crippen LogP contribution is 2.30. The highest BCUT2D eigenvalue weighted by atomic mass is 16.5. The van der Waals surface area contributed by atoms with Gasteiger partial charge in [-0.15, -0.1) is 5.10 Å². The SMILES string of the molecule is Cc1nccc(Oc2n[nH]c3nc(N4CCC(C)(N)CC4)cnc23)c1C. The van der Waals surface area contributed by atoms with E-state index in [-0.39, 0.29) is 5.54 Å². The van der Waals surface area contributed by atoms with Crippen LogP contribution >= 0.6 is 0 Å². The molecule has 1 aliphatic rings. The molecule has 0 bridgehead atoms. The van der Waals surface area contributed by atoms with Crippen LogP contribution in [0.25, 0.3) is 11.2 Å². The zero-order chi connectivity index (χ0) is 18.3. The second-order valence-corrected chi connectivity index (χ2v) is 7.22. The summed E-state index contributed by atoms with van der Waals surface area (Å²) in [5, 5.41) is 7.16. The van der Waals surface area contributed by atoms with Crippen molar-refractivity contribution >= 4 is 17.0 Å². The predicted octanol–water partition coefficient (Wildman–Crippen LogP) is 2.47. The third kappa shape index (κ3) is 3.08. The molecule has 3 aromatic heterocycles. The van der Waals surface area contributed by atoms with E-state index < -0.39 is 0 Å². The number of hydrogen-bond acceptors (Lipinski definition) is 7. The van der Waals surface area contributed by atoms with Gasteiger partial charge in [-0.3, -0.25) is 10.1 Å². The minimum Gasteiger partial charge on any atom is -0.436 e. The van der Waals surface area contributed by atoms with Crippen LogP contribution in [0.3, 0.4) is 0 Å². The number of ether oxygens (including phenoxy) is 1. The van der Waals surface area contributed by atoms with Crippen LogP contribution in [0.2, 0.25) is 0 Å². The van der Waals surface area contributed by atoms with Gasteiger partial charge in [0.05, 0.1) is 6.20 Å². The Kier molecular flexibility index (Phi) is 3.99. The summed E-state index contributed by atoms with van der Waals surface area (Å²) < 4.78 is 5.94. The monoisotopic (exact) mass is 353 g/mol. The van der Waals surface area contributed by atoms with Crippen molar-refractivity contribution in [2.45, 2.75) is 39.2 Å². The fourth-order valence-electron chi connectivity index (χ4n) is 3.07. The van der Waals surface area contributed by atoms with Crippen LogP contribution < -0.4 is 15.4 Å². The van der Waals surface area contributed by atoms with Crippen molar-refractivity contribution in [1.29, 1.82) is 0 Å². The smallest absolute Gasteiger partial charge is 0.266 e. The van der Waals surface area contributed by atoms with Crippen LogP contribution in [0.15, 0.2) is 18.5 Å². The van der Waals surface area contributed by atoms with Gasteiger partial charge in [-0.05, 0) is 39.7 Å². The maximum absolute atomic E-state index is 6.21. The second kappa shape index (κ2) is 6.21. The second-order valence-electron chi connectivity index (χ2n) is 7.22. The van der Waals surface area contributed by atoms with Gasteiger partial charge in [-0.25, -0.2) is 9.97 Å². The summed E-state index contributed by atoms with van der Waals surface area (Å²) in [6.07, 6.45) is 5.36. The largest absolute Gasteiger partial charge is 0.436 e. The highest BCUT2D eigenvalue weighted by molar-refractivity contribution is 5.77. The minimum atomic E-state index is -0.0937. The number of aryl methyl sites for hydroxylation is 1. The molecule has 0 unspecified atom stereocenters. The number of piperidine rings is 1. The van der Waals surface area contributed by atoms with Gasteiger partial charge in [0.2, 0.25) is 0 Å². The summed E-state index contributed by atoms with van der Waals surface area (Å²) in [6.45, 7) is 7.76. The Labute approximate surface area is 151 Å². The molecule has 1 saturated heterocycles. The van der Waals surface area contributed by atoms with Gasteiger partial charge in [0, 0.05) is 36.1 Å². The molecule has 0 aromatic carbocycles. The lowest BCUT2D eigenvalue weighted by molar-refractivity contribution is 0.363. The maximum Gasteiger partial charge on any atom is 0.266 e. The first-order valence-electron chi connectivity index (χ1n) is 8.78. The molecule has 1 aliphatic heterocycles. The van der Waals surface area contributed by atoms with E-state index in [4.69, 9.17) is 10.5 Å². The molecule has 136 valence electrons. The number of fused-ring (bicyclic) bond motifs is 1. The number of nitrogens with two attached hydrogens (primary N) is 1. The average molecular weight is 353 g/mol. The van der Waals surface area contributed by atoms with Crippen LogP contribution in [-0.4, -0.2) is 43.8 Å². The zero-order valence-corrected chi connectivity index (χ0v) is 15.3. The number of pyridine rings is 1. The quantitative estimate of drug-likeness (QED) is 0.745. The molecule has 4 heterocycles. The Balaban J connectivity index is 1.59. The van der Waals surface area contributed by atoms with E-state index in [1.165, 1.54) is 0 Å². The van der Waals surface area contributed by atoms with Crippen LogP contribution in [0, 0.1) is 13.8 Å². The van der Waals surface area contributed by atoms with Crippen molar-refractivity contribution in [3.63, 3.8) is 0 Å². The van der Waals surface area contributed by atoms with Crippen molar-refractivity contribution < 1.29 is 4.74 Å². The number of H-pyrrole nitrogens is 1. The summed E-state index contributed by atoms with van der Waals surface area (Å²) in [7, 11) is 0. The average Bonchev–Trinajstić information content (AvgIpc) is 3.01. The molecule has 0 saturated carbocycles. The molecule has 0 radical (unpaired) electrons. The number of aromatic nitrogens is 5. The van der Waals surface area contributed by atoms with E-state index in [2.05, 4.69) is 37.0 Å². The highest BCUT2D eigenvalue weighted by Gasteiger charge is 2.27. The Morgan fingerprint density at radius 1 is 1.23 bits per heavy atom. The number of nitrogens with zero attached hydrogens (tertiary/aromatic N) is 5. The first-order chi connectivity index (χ1) is 12.4. The molecule has 0 atom stereocenters. The number of nitrogens with one attached hydrogen (secondary N) is 1. The third-order valence-electron chi connectivity index (χ3n) is 5.07. The van der Waals surface area contributed by atoms with Gasteiger partial charge in [0.15, 0.2) is 11.2 Å². The number of hydrogen-bond donors (Lipinski definition) is 2. The van der Waals surface area contributed by atoms with Gasteiger partial charge in [-0.2, -0.15) is 0 Å². The molecule has 8 heteroatoms. The van der Waals surface area contributed by atoms with E-state index >= 15 is 0 Å². The van der Waals surface area contributed by atoms with E-state index in [1.54, 1.807) is 12.4 Å². The molecule has 0 spiro atoms. The topological polar surface area (TPSA) is 106 Å². The normalized spacial score (nSPS) is 16.8. The van der Waals surface area contributed by atoms with E-state index in [9.17, 15) is 0 Å². The summed E-state index contributed by atoms with van der Waals surface area (Å²) in [5.41, 5.74) is 9.24. The minimum absolute atomic E-state index is 0.0937. The summed E-state index contributed by atoms with van der Waals surface area (Å²) in [5.74, 6) is 1.97. The van der Waals surface area contributed by atoms with Crippen LogP contribution in [0.5, 0.6) is 11.6 Å². The van der Waals surface area contributed by atoms with Gasteiger partial charge in [0.1, 0.15) is 11.6 Å². The maximum atomic E-state index is 6.21. The lowest BCUT2D eigenvalue weighted by Gasteiger charge is -2.37. The fraction of sp³-hybridized carbons (Fsp3) is 0.444. The molecular formula is C18H23N7O. The Morgan fingerprint density at radius 3 is 2.77 bits per heavy atom. The third-order valence-corrected chi connectivity index (χ3v) is 5.07. The van der Waals surface area contributed by atoms with Crippen molar-refractivity contribution in [2.24, 2.45) is 5.73 Å². The Bertz CT molecular complexity index is 940. The van der Waals surface area contributed by atoms with E-state index in [1.807, 2.05) is 19.9 Å². The van der Waals surface area contributed by atoms with Gasteiger partial charge >= 0.3 is 0 Å².